The van der Waals surface area contributed by atoms with Crippen molar-refractivity contribution < 1.29 is 91.7 Å². The van der Waals surface area contributed by atoms with Gasteiger partial charge in [0.15, 0.2) is 24.4 Å². The van der Waals surface area contributed by atoms with E-state index in [-0.39, 0.29) is 60.3 Å². The van der Waals surface area contributed by atoms with Crippen LogP contribution in [-0.2, 0) is 27.1 Å². The molecule has 13 nitrogen and oxygen atoms in total. The van der Waals surface area contributed by atoms with Gasteiger partial charge >= 0.3 is 35.7 Å². The fraction of sp³-hybridized carbons (Fsp3) is 0.548. The fourth-order valence-corrected chi connectivity index (χ4v) is 5.60. The van der Waals surface area contributed by atoms with Gasteiger partial charge in [0.05, 0.1) is 23.8 Å². The average Bonchev–Trinajstić information content (AvgIpc) is 3.42. The first-order chi connectivity index (χ1) is 22.2. The van der Waals surface area contributed by atoms with Crippen molar-refractivity contribution in [2.75, 3.05) is 44.4 Å². The number of ether oxygens (including phenoxy) is 4. The van der Waals surface area contributed by atoms with Gasteiger partial charge in [-0.15, -0.1) is 0 Å². The van der Waals surface area contributed by atoms with Crippen molar-refractivity contribution in [3.8, 4) is 11.5 Å². The van der Waals surface area contributed by atoms with Crippen LogP contribution in [0.15, 0.2) is 36.4 Å². The third-order valence-electron chi connectivity index (χ3n) is 7.77. The maximum absolute atomic E-state index is 12.5. The van der Waals surface area contributed by atoms with Gasteiger partial charge in [-0.1, -0.05) is 18.2 Å². The van der Waals surface area contributed by atoms with Gasteiger partial charge in [0.1, 0.15) is 31.0 Å². The van der Waals surface area contributed by atoms with E-state index >= 15 is 0 Å². The van der Waals surface area contributed by atoms with Gasteiger partial charge in [0, 0.05) is 25.7 Å². The molecule has 6 N–H and O–H groups in total. The Hall–Kier alpha value is -2.67. The predicted octanol–water partition coefficient (Wildman–Crippen LogP) is -3.34. The number of aliphatic hydroxyl groups excluding tert-OH is 3. The summed E-state index contributed by atoms with van der Waals surface area (Å²) in [5.41, 5.74) is 8.67. The van der Waals surface area contributed by atoms with Crippen LogP contribution in [-0.4, -0.2) is 110 Å². The number of anilines is 1. The number of nitrogens with two attached hydrogens (primary N) is 1. The normalized spacial score (nSPS) is 22.8. The maximum atomic E-state index is 12.5. The van der Waals surface area contributed by atoms with Crippen LogP contribution < -0.4 is 60.1 Å². The number of fused-ring (bicyclic) bond motifs is 1. The molecular formula is C31H39F3N3NaO10. The molecule has 1 saturated heterocycles. The standard InChI is InChI=1S/C31H40F3N3O10.Na/c1-17(36-8-12-44-21-5-2-3-6-22(21)46-16-31(32,33)34)13-18-14-19-7-10-37(23(19)20(15-18)28(35)41)9-4-11-45-30-26(40)24(38)25(39)27(47-30)29(42)43;/h2-3,5-6,14-15,17,24-27,30,36,38-40H,4,7-13,16H2,1H3,(H2,35,41)(H,42,43);/q;+1/p-1/t17-,24?,25?,26?,27?,30?;/m0./s1. The van der Waals surface area contributed by atoms with E-state index in [2.05, 4.69) is 5.32 Å². The summed E-state index contributed by atoms with van der Waals surface area (Å²) in [5.74, 6) is -2.14. The van der Waals surface area contributed by atoms with Gasteiger partial charge in [-0.3, -0.25) is 4.79 Å². The largest absolute Gasteiger partial charge is 1.00 e. The number of carbonyl (C=O) groups excluding carboxylic acids is 2. The zero-order valence-electron chi connectivity index (χ0n) is 26.7. The van der Waals surface area contributed by atoms with E-state index in [4.69, 9.17) is 24.7 Å². The number of primary amides is 1. The second-order valence-electron chi connectivity index (χ2n) is 11.5. The number of para-hydroxylation sites is 2. The molecule has 0 aliphatic carbocycles. The van der Waals surface area contributed by atoms with Gasteiger partial charge in [-0.25, -0.2) is 0 Å². The number of nitrogens with one attached hydrogen (secondary N) is 1. The summed E-state index contributed by atoms with van der Waals surface area (Å²) in [7, 11) is 0. The number of nitrogens with zero attached hydrogens (tertiary/aromatic N) is 1. The number of alkyl halides is 3. The van der Waals surface area contributed by atoms with Crippen molar-refractivity contribution in [3.05, 3.63) is 53.1 Å². The summed E-state index contributed by atoms with van der Waals surface area (Å²) in [6.45, 7) is 2.17. The van der Waals surface area contributed by atoms with E-state index < -0.39 is 55.4 Å². The monoisotopic (exact) mass is 693 g/mol. The first kappa shape index (κ1) is 39.8. The molecule has 2 aliphatic rings. The number of carboxylic acid groups (broad SMARTS) is 1. The molecule has 2 aromatic rings. The average molecular weight is 694 g/mol. The minimum Gasteiger partial charge on any atom is -0.547 e. The van der Waals surface area contributed by atoms with Gasteiger partial charge in [-0.2, -0.15) is 13.2 Å². The van der Waals surface area contributed by atoms with Crippen LogP contribution in [0.3, 0.4) is 0 Å². The Kier molecular flexibility index (Phi) is 14.8. The zero-order valence-corrected chi connectivity index (χ0v) is 28.7. The first-order valence-electron chi connectivity index (χ1n) is 15.1. The van der Waals surface area contributed by atoms with E-state index in [1.165, 1.54) is 12.1 Å². The number of aliphatic hydroxyl groups is 3. The van der Waals surface area contributed by atoms with Gasteiger partial charge < -0.3 is 60.1 Å². The smallest absolute Gasteiger partial charge is 0.547 e. The Morgan fingerprint density at radius 1 is 1.10 bits per heavy atom. The number of aliphatic carboxylic acids is 1. The molecule has 2 heterocycles. The van der Waals surface area contributed by atoms with Crippen LogP contribution in [0.1, 0.15) is 34.8 Å². The van der Waals surface area contributed by atoms with Gasteiger partial charge in [-0.05, 0) is 55.5 Å². The van der Waals surface area contributed by atoms with Gasteiger partial charge in [0.2, 0.25) is 0 Å². The molecule has 0 bridgehead atoms. The Bertz CT molecular complexity index is 1390. The van der Waals surface area contributed by atoms with Gasteiger partial charge in [0.25, 0.3) is 5.91 Å². The number of rotatable bonds is 16. The van der Waals surface area contributed by atoms with Crippen LogP contribution in [0.2, 0.25) is 0 Å². The Labute approximate surface area is 297 Å². The molecule has 0 spiro atoms. The number of benzene rings is 2. The SMILES string of the molecule is C[C@@H](Cc1cc2c(c(C(N)=O)c1)N(CCCOC1OC(C(=O)[O-])C(O)C(O)C1O)CC2)NCCOc1ccccc1OCC(F)(F)F.[Na+]. The van der Waals surface area contributed by atoms with E-state index in [0.717, 1.165) is 11.1 Å². The summed E-state index contributed by atoms with van der Waals surface area (Å²) in [5, 5.41) is 44.3. The van der Waals surface area contributed by atoms with Crippen molar-refractivity contribution in [2.45, 2.75) is 69.1 Å². The van der Waals surface area contributed by atoms with E-state index in [0.29, 0.717) is 50.1 Å². The Morgan fingerprint density at radius 2 is 1.79 bits per heavy atom. The molecule has 1 amide bonds. The molecule has 5 unspecified atom stereocenters. The topological polar surface area (TPSA) is 196 Å². The summed E-state index contributed by atoms with van der Waals surface area (Å²) in [6.07, 6.45) is -11.5. The number of carbonyl (C=O) groups is 2. The van der Waals surface area contributed by atoms with Crippen LogP contribution in [0.25, 0.3) is 0 Å². The van der Waals surface area contributed by atoms with Crippen molar-refractivity contribution in [1.82, 2.24) is 5.32 Å². The van der Waals surface area contributed by atoms with E-state index in [1.54, 1.807) is 18.2 Å². The maximum Gasteiger partial charge on any atom is 1.00 e. The van der Waals surface area contributed by atoms with Crippen LogP contribution in [0, 0.1) is 0 Å². The molecule has 17 heteroatoms. The van der Waals surface area contributed by atoms with E-state index in [1.807, 2.05) is 17.9 Å². The van der Waals surface area contributed by atoms with Crippen molar-refractivity contribution in [2.24, 2.45) is 5.73 Å². The molecular weight excluding hydrogens is 654 g/mol. The predicted molar refractivity (Wildman–Crippen MR) is 158 cm³/mol. The number of halogens is 3. The number of carboxylic acids is 1. The molecule has 0 radical (unpaired) electrons. The molecule has 48 heavy (non-hydrogen) atoms. The number of hydrogen-bond donors (Lipinski definition) is 5. The molecule has 1 fully saturated rings. The molecule has 6 atom stereocenters. The zero-order chi connectivity index (χ0) is 34.3. The first-order valence-corrected chi connectivity index (χ1v) is 15.1. The quantitative estimate of drug-likeness (QED) is 0.0868. The molecule has 0 saturated carbocycles. The molecule has 4 rings (SSSR count). The summed E-state index contributed by atoms with van der Waals surface area (Å²) < 4.78 is 58.6. The Balaban J connectivity index is 0.00000625. The molecule has 2 aliphatic heterocycles. The van der Waals surface area contributed by atoms with Crippen molar-refractivity contribution >= 4 is 17.6 Å². The minimum absolute atomic E-state index is 0. The fourth-order valence-electron chi connectivity index (χ4n) is 5.60. The summed E-state index contributed by atoms with van der Waals surface area (Å²) in [4.78, 5) is 25.6. The minimum atomic E-state index is -4.47. The number of amides is 1. The third-order valence-corrected chi connectivity index (χ3v) is 7.77. The second-order valence-corrected chi connectivity index (χ2v) is 11.5. The van der Waals surface area contributed by atoms with Crippen molar-refractivity contribution in [1.29, 1.82) is 0 Å². The Morgan fingerprint density at radius 3 is 2.44 bits per heavy atom. The van der Waals surface area contributed by atoms with Crippen LogP contribution in [0.5, 0.6) is 11.5 Å². The molecule has 0 aromatic heterocycles. The van der Waals surface area contributed by atoms with Crippen LogP contribution in [0.4, 0.5) is 18.9 Å². The molecule has 2 aromatic carbocycles. The molecule has 260 valence electrons. The van der Waals surface area contributed by atoms with E-state index in [9.17, 15) is 43.2 Å². The summed E-state index contributed by atoms with van der Waals surface area (Å²) >= 11 is 0. The number of hydrogen-bond acceptors (Lipinski definition) is 12. The second kappa shape index (κ2) is 17.8. The third kappa shape index (κ3) is 10.7. The van der Waals surface area contributed by atoms with Crippen molar-refractivity contribution in [3.63, 3.8) is 0 Å². The van der Waals surface area contributed by atoms with Crippen LogP contribution >= 0.6 is 0 Å². The summed E-state index contributed by atoms with van der Waals surface area (Å²) in [6, 6.07) is 9.85.